The lowest BCUT2D eigenvalue weighted by atomic mass is 9.93. The number of pyridine rings is 1. The van der Waals surface area contributed by atoms with Gasteiger partial charge in [0.1, 0.15) is 11.3 Å². The van der Waals surface area contributed by atoms with E-state index in [1.165, 1.54) is 10.9 Å². The Morgan fingerprint density at radius 3 is 2.59 bits per heavy atom. The van der Waals surface area contributed by atoms with Crippen LogP contribution in [0.1, 0.15) is 29.9 Å². The average Bonchev–Trinajstić information content (AvgIpc) is 2.91. The standard InChI is InChI=1S/C19H22N2O/c1-14(16-9-6-7-12-20-16)19-15-8-4-5-10-17(15)22-18(19)11-13-21(2)3/h4-10,12,14H,11,13H2,1-3H3/t14-/m0/s1. The van der Waals surface area contributed by atoms with Crippen LogP contribution in [0.25, 0.3) is 11.0 Å². The number of benzene rings is 1. The first-order valence-corrected chi connectivity index (χ1v) is 7.72. The van der Waals surface area contributed by atoms with E-state index in [1.807, 2.05) is 30.5 Å². The van der Waals surface area contributed by atoms with Crippen LogP contribution in [0.5, 0.6) is 0 Å². The van der Waals surface area contributed by atoms with E-state index < -0.39 is 0 Å². The predicted molar refractivity (Wildman–Crippen MR) is 90.2 cm³/mol. The maximum Gasteiger partial charge on any atom is 0.134 e. The SMILES string of the molecule is C[C@@H](c1ccccn1)c1c(CCN(C)C)oc2ccccc12. The minimum atomic E-state index is 0.224. The number of likely N-dealkylation sites (N-methyl/N-ethyl adjacent to an activating group) is 1. The van der Waals surface area contributed by atoms with Gasteiger partial charge >= 0.3 is 0 Å². The summed E-state index contributed by atoms with van der Waals surface area (Å²) in [4.78, 5) is 6.71. The number of fused-ring (bicyclic) bond motifs is 1. The Labute approximate surface area is 131 Å². The van der Waals surface area contributed by atoms with E-state index in [-0.39, 0.29) is 5.92 Å². The summed E-state index contributed by atoms with van der Waals surface area (Å²) >= 11 is 0. The van der Waals surface area contributed by atoms with Crippen molar-refractivity contribution in [3.8, 4) is 0 Å². The van der Waals surface area contributed by atoms with Gasteiger partial charge in [0, 0.05) is 41.7 Å². The number of nitrogens with zero attached hydrogens (tertiary/aromatic N) is 2. The molecule has 3 aromatic rings. The van der Waals surface area contributed by atoms with Crippen molar-refractivity contribution in [2.45, 2.75) is 19.3 Å². The zero-order valence-electron chi connectivity index (χ0n) is 13.4. The van der Waals surface area contributed by atoms with Gasteiger partial charge in [-0.1, -0.05) is 31.2 Å². The van der Waals surface area contributed by atoms with Gasteiger partial charge in [0.25, 0.3) is 0 Å². The molecule has 0 fully saturated rings. The van der Waals surface area contributed by atoms with Crippen LogP contribution in [0.3, 0.4) is 0 Å². The molecule has 3 nitrogen and oxygen atoms in total. The number of furan rings is 1. The Bertz CT molecular complexity index is 746. The van der Waals surface area contributed by atoms with Crippen molar-refractivity contribution in [3.63, 3.8) is 0 Å². The molecule has 2 heterocycles. The van der Waals surface area contributed by atoms with Gasteiger partial charge in [0.05, 0.1) is 0 Å². The maximum absolute atomic E-state index is 6.14. The Morgan fingerprint density at radius 2 is 1.86 bits per heavy atom. The average molecular weight is 294 g/mol. The van der Waals surface area contributed by atoms with Crippen molar-refractivity contribution in [2.24, 2.45) is 0 Å². The molecular formula is C19H22N2O. The minimum absolute atomic E-state index is 0.224. The molecule has 114 valence electrons. The predicted octanol–water partition coefficient (Wildman–Crippen LogP) is 4.08. The van der Waals surface area contributed by atoms with Crippen LogP contribution in [0.4, 0.5) is 0 Å². The third-order valence-corrected chi connectivity index (χ3v) is 4.06. The molecule has 3 rings (SSSR count). The third-order valence-electron chi connectivity index (χ3n) is 4.06. The largest absolute Gasteiger partial charge is 0.461 e. The molecule has 3 heteroatoms. The molecule has 0 aliphatic carbocycles. The first kappa shape index (κ1) is 14.8. The number of aromatic nitrogens is 1. The number of hydrogen-bond acceptors (Lipinski definition) is 3. The second-order valence-electron chi connectivity index (χ2n) is 5.96. The lowest BCUT2D eigenvalue weighted by Crippen LogP contribution is -2.15. The fourth-order valence-corrected chi connectivity index (χ4v) is 2.88. The van der Waals surface area contributed by atoms with Crippen molar-refractivity contribution < 1.29 is 4.42 Å². The van der Waals surface area contributed by atoms with Gasteiger partial charge in [-0.3, -0.25) is 4.98 Å². The molecule has 0 unspecified atom stereocenters. The zero-order valence-corrected chi connectivity index (χ0v) is 13.4. The summed E-state index contributed by atoms with van der Waals surface area (Å²) in [5, 5.41) is 1.20. The fourth-order valence-electron chi connectivity index (χ4n) is 2.88. The summed E-state index contributed by atoms with van der Waals surface area (Å²) in [5.74, 6) is 1.30. The molecular weight excluding hydrogens is 272 g/mol. The van der Waals surface area contributed by atoms with Crippen molar-refractivity contribution in [2.75, 3.05) is 20.6 Å². The molecule has 1 atom stereocenters. The number of para-hydroxylation sites is 1. The van der Waals surface area contributed by atoms with Crippen LogP contribution < -0.4 is 0 Å². The molecule has 0 saturated carbocycles. The summed E-state index contributed by atoms with van der Waals surface area (Å²) in [6.45, 7) is 3.18. The van der Waals surface area contributed by atoms with Crippen molar-refractivity contribution >= 4 is 11.0 Å². The number of hydrogen-bond donors (Lipinski definition) is 0. The van der Waals surface area contributed by atoms with Gasteiger partial charge in [-0.2, -0.15) is 0 Å². The molecule has 0 saturated heterocycles. The normalized spacial score (nSPS) is 12.9. The summed E-state index contributed by atoms with van der Waals surface area (Å²) in [7, 11) is 4.18. The smallest absolute Gasteiger partial charge is 0.134 e. The van der Waals surface area contributed by atoms with Crippen molar-refractivity contribution in [3.05, 3.63) is 65.7 Å². The quantitative estimate of drug-likeness (QED) is 0.710. The Hall–Kier alpha value is -2.13. The minimum Gasteiger partial charge on any atom is -0.461 e. The second-order valence-corrected chi connectivity index (χ2v) is 5.96. The Balaban J connectivity index is 2.07. The first-order chi connectivity index (χ1) is 10.7. The first-order valence-electron chi connectivity index (χ1n) is 7.72. The van der Waals surface area contributed by atoms with E-state index in [0.717, 1.165) is 30.0 Å². The lowest BCUT2D eigenvalue weighted by Gasteiger charge is -2.13. The van der Waals surface area contributed by atoms with Gasteiger partial charge in [0.2, 0.25) is 0 Å². The highest BCUT2D eigenvalue weighted by Crippen LogP contribution is 2.35. The van der Waals surface area contributed by atoms with E-state index in [9.17, 15) is 0 Å². The fraction of sp³-hybridized carbons (Fsp3) is 0.316. The van der Waals surface area contributed by atoms with Gasteiger partial charge in [-0.15, -0.1) is 0 Å². The Kier molecular flexibility index (Phi) is 4.25. The summed E-state index contributed by atoms with van der Waals surface area (Å²) in [5.41, 5.74) is 3.32. The maximum atomic E-state index is 6.14. The second kappa shape index (κ2) is 6.32. The molecule has 0 radical (unpaired) electrons. The van der Waals surface area contributed by atoms with E-state index in [4.69, 9.17) is 4.42 Å². The van der Waals surface area contributed by atoms with E-state index in [1.54, 1.807) is 0 Å². The molecule has 0 spiro atoms. The monoisotopic (exact) mass is 294 g/mol. The van der Waals surface area contributed by atoms with Crippen LogP contribution in [0, 0.1) is 0 Å². The Morgan fingerprint density at radius 1 is 1.09 bits per heavy atom. The molecule has 0 amide bonds. The molecule has 2 aromatic heterocycles. The van der Waals surface area contributed by atoms with Gasteiger partial charge in [0.15, 0.2) is 0 Å². The van der Waals surface area contributed by atoms with Crippen molar-refractivity contribution in [1.29, 1.82) is 0 Å². The summed E-state index contributed by atoms with van der Waals surface area (Å²) in [6, 6.07) is 14.4. The van der Waals surface area contributed by atoms with Crippen LogP contribution in [-0.2, 0) is 6.42 Å². The van der Waals surface area contributed by atoms with Gasteiger partial charge in [-0.05, 0) is 32.3 Å². The van der Waals surface area contributed by atoms with Crippen LogP contribution in [0.15, 0.2) is 53.1 Å². The van der Waals surface area contributed by atoms with Gasteiger partial charge < -0.3 is 9.32 Å². The number of rotatable bonds is 5. The van der Waals surface area contributed by atoms with Crippen LogP contribution in [0.2, 0.25) is 0 Å². The topological polar surface area (TPSA) is 29.3 Å². The molecule has 0 bridgehead atoms. The summed E-state index contributed by atoms with van der Waals surface area (Å²) < 4.78 is 6.14. The van der Waals surface area contributed by atoms with Gasteiger partial charge in [-0.25, -0.2) is 0 Å². The van der Waals surface area contributed by atoms with E-state index >= 15 is 0 Å². The molecule has 0 aliphatic rings. The van der Waals surface area contributed by atoms with E-state index in [0.29, 0.717) is 0 Å². The highest BCUT2D eigenvalue weighted by Gasteiger charge is 2.21. The van der Waals surface area contributed by atoms with Crippen molar-refractivity contribution in [1.82, 2.24) is 9.88 Å². The zero-order chi connectivity index (χ0) is 15.5. The molecule has 0 N–H and O–H groups in total. The molecule has 0 aliphatic heterocycles. The highest BCUT2D eigenvalue weighted by molar-refractivity contribution is 5.83. The van der Waals surface area contributed by atoms with Crippen LogP contribution >= 0.6 is 0 Å². The third kappa shape index (κ3) is 2.90. The lowest BCUT2D eigenvalue weighted by molar-refractivity contribution is 0.393. The highest BCUT2D eigenvalue weighted by atomic mass is 16.3. The van der Waals surface area contributed by atoms with E-state index in [2.05, 4.69) is 49.1 Å². The molecule has 1 aromatic carbocycles. The summed E-state index contributed by atoms with van der Waals surface area (Å²) in [6.07, 6.45) is 2.77. The molecule has 22 heavy (non-hydrogen) atoms. The van der Waals surface area contributed by atoms with Crippen LogP contribution in [-0.4, -0.2) is 30.5 Å².